The van der Waals surface area contributed by atoms with Crippen LogP contribution in [0.5, 0.6) is 0 Å². The van der Waals surface area contributed by atoms with E-state index in [1.807, 2.05) is 24.3 Å². The molecule has 2 amide bonds. The molecule has 32 heavy (non-hydrogen) atoms. The number of aliphatic carboxylic acids is 1. The van der Waals surface area contributed by atoms with Crippen molar-refractivity contribution in [1.29, 1.82) is 0 Å². The number of carboxylic acids is 1. The number of benzene rings is 2. The summed E-state index contributed by atoms with van der Waals surface area (Å²) < 4.78 is 5.51. The zero-order valence-corrected chi connectivity index (χ0v) is 17.8. The molecule has 2 aromatic carbocycles. The van der Waals surface area contributed by atoms with Crippen LogP contribution in [-0.2, 0) is 14.3 Å². The Morgan fingerprint density at radius 1 is 1.03 bits per heavy atom. The van der Waals surface area contributed by atoms with Crippen LogP contribution in [0, 0.1) is 11.8 Å². The first kappa shape index (κ1) is 21.6. The highest BCUT2D eigenvalue weighted by atomic mass is 16.5. The van der Waals surface area contributed by atoms with Crippen molar-refractivity contribution in [2.75, 3.05) is 19.7 Å². The van der Waals surface area contributed by atoms with Gasteiger partial charge in [0.05, 0.1) is 0 Å². The average Bonchev–Trinajstić information content (AvgIpc) is 3.51. The highest BCUT2D eigenvalue weighted by Crippen LogP contribution is 2.44. The molecule has 0 heterocycles. The first-order valence-corrected chi connectivity index (χ1v) is 10.7. The predicted molar refractivity (Wildman–Crippen MR) is 119 cm³/mol. The lowest BCUT2D eigenvalue weighted by Crippen LogP contribution is -2.30. The van der Waals surface area contributed by atoms with Crippen LogP contribution in [0.4, 0.5) is 4.79 Å². The van der Waals surface area contributed by atoms with E-state index < -0.39 is 12.1 Å². The quantitative estimate of drug-likeness (QED) is 0.553. The molecule has 1 fully saturated rings. The first-order valence-electron chi connectivity index (χ1n) is 10.7. The van der Waals surface area contributed by atoms with Crippen LogP contribution in [-0.4, -0.2) is 42.8 Å². The molecular formula is C25H26N2O5. The number of carboxylic acid groups (broad SMARTS) is 1. The molecule has 0 radical (unpaired) electrons. The maximum Gasteiger partial charge on any atom is 0.407 e. The third-order valence-electron chi connectivity index (χ3n) is 6.13. The third kappa shape index (κ3) is 4.66. The lowest BCUT2D eigenvalue weighted by atomic mass is 9.98. The van der Waals surface area contributed by atoms with E-state index in [9.17, 15) is 14.4 Å². The molecular weight excluding hydrogens is 408 g/mol. The molecule has 0 aromatic heterocycles. The number of carbonyl (C=O) groups excluding carboxylic acids is 2. The van der Waals surface area contributed by atoms with Crippen LogP contribution < -0.4 is 10.6 Å². The molecule has 7 heteroatoms. The molecule has 2 aromatic rings. The van der Waals surface area contributed by atoms with E-state index in [4.69, 9.17) is 9.84 Å². The summed E-state index contributed by atoms with van der Waals surface area (Å²) in [6, 6.07) is 16.3. The van der Waals surface area contributed by atoms with Crippen LogP contribution in [0.3, 0.4) is 0 Å². The Hall–Kier alpha value is -3.61. The molecule has 3 N–H and O–H groups in total. The summed E-state index contributed by atoms with van der Waals surface area (Å²) in [4.78, 5) is 35.1. The first-order chi connectivity index (χ1) is 15.5. The van der Waals surface area contributed by atoms with E-state index >= 15 is 0 Å². The molecule has 0 spiro atoms. The van der Waals surface area contributed by atoms with Gasteiger partial charge in [-0.3, -0.25) is 4.79 Å². The van der Waals surface area contributed by atoms with Gasteiger partial charge in [-0.1, -0.05) is 54.6 Å². The van der Waals surface area contributed by atoms with E-state index in [1.165, 1.54) is 24.1 Å². The van der Waals surface area contributed by atoms with E-state index in [0.29, 0.717) is 13.0 Å². The molecule has 7 nitrogen and oxygen atoms in total. The van der Waals surface area contributed by atoms with Crippen molar-refractivity contribution in [2.24, 2.45) is 11.8 Å². The Bertz CT molecular complexity index is 1030. The lowest BCUT2D eigenvalue weighted by Gasteiger charge is -2.14. The van der Waals surface area contributed by atoms with Gasteiger partial charge in [0.25, 0.3) is 0 Å². The monoisotopic (exact) mass is 434 g/mol. The largest absolute Gasteiger partial charge is 0.478 e. The topological polar surface area (TPSA) is 105 Å². The standard InChI is InChI=1S/C25H26N2O5/c1-15(24(29)30)10-11-26-23(28)21-12-16(21)13-27-25(31)32-14-22-19-8-4-2-6-17(19)18-7-3-5-9-20(18)22/h2-10,16,21-22H,11-14H2,1H3,(H,26,28)(H,27,31)(H,29,30)/b15-10+/t16-,21-/m1/s1. The molecule has 0 aliphatic heterocycles. The van der Waals surface area contributed by atoms with Gasteiger partial charge in [-0.05, 0) is 41.5 Å². The summed E-state index contributed by atoms with van der Waals surface area (Å²) in [6.45, 7) is 2.29. The number of nitrogens with one attached hydrogen (secondary N) is 2. The summed E-state index contributed by atoms with van der Waals surface area (Å²) in [5, 5.41) is 14.3. The molecule has 0 bridgehead atoms. The SMILES string of the molecule is C/C(=C\CNC(=O)[C@@H]1C[C@@H]1CNC(=O)OCC1c2ccccc2-c2ccccc21)C(=O)O. The van der Waals surface area contributed by atoms with Crippen LogP contribution in [0.2, 0.25) is 0 Å². The van der Waals surface area contributed by atoms with E-state index in [1.54, 1.807) is 0 Å². The van der Waals surface area contributed by atoms with Crippen LogP contribution in [0.1, 0.15) is 30.4 Å². The van der Waals surface area contributed by atoms with Crippen molar-refractivity contribution >= 4 is 18.0 Å². The minimum Gasteiger partial charge on any atom is -0.478 e. The molecule has 2 atom stereocenters. The Balaban J connectivity index is 1.22. The van der Waals surface area contributed by atoms with Gasteiger partial charge < -0.3 is 20.5 Å². The van der Waals surface area contributed by atoms with Crippen LogP contribution in [0.15, 0.2) is 60.2 Å². The van der Waals surface area contributed by atoms with Gasteiger partial charge in [0, 0.05) is 30.5 Å². The molecule has 0 saturated heterocycles. The predicted octanol–water partition coefficient (Wildman–Crippen LogP) is 3.31. The number of alkyl carbamates (subject to hydrolysis) is 1. The Labute approximate surface area is 186 Å². The van der Waals surface area contributed by atoms with E-state index in [0.717, 1.165) is 11.1 Å². The average molecular weight is 434 g/mol. The minimum absolute atomic E-state index is 0.00918. The molecule has 4 rings (SSSR count). The zero-order chi connectivity index (χ0) is 22.7. The van der Waals surface area contributed by atoms with Crippen molar-refractivity contribution in [3.8, 4) is 11.1 Å². The van der Waals surface area contributed by atoms with Gasteiger partial charge in [0.1, 0.15) is 6.61 Å². The second-order valence-corrected chi connectivity index (χ2v) is 8.25. The summed E-state index contributed by atoms with van der Waals surface area (Å²) in [7, 11) is 0. The van der Waals surface area contributed by atoms with Crippen molar-refractivity contribution in [2.45, 2.75) is 19.3 Å². The third-order valence-corrected chi connectivity index (χ3v) is 6.13. The highest BCUT2D eigenvalue weighted by Gasteiger charge is 2.42. The van der Waals surface area contributed by atoms with Crippen LogP contribution >= 0.6 is 0 Å². The van der Waals surface area contributed by atoms with Gasteiger partial charge in [-0.2, -0.15) is 0 Å². The number of fused-ring (bicyclic) bond motifs is 3. The molecule has 166 valence electrons. The van der Waals surface area contributed by atoms with Gasteiger partial charge in [-0.15, -0.1) is 0 Å². The maximum absolute atomic E-state index is 12.2. The molecule has 2 aliphatic carbocycles. The Morgan fingerprint density at radius 2 is 1.66 bits per heavy atom. The number of hydrogen-bond donors (Lipinski definition) is 3. The number of amides is 2. The molecule has 1 saturated carbocycles. The number of hydrogen-bond acceptors (Lipinski definition) is 4. The normalized spacial score (nSPS) is 19.0. The zero-order valence-electron chi connectivity index (χ0n) is 17.8. The number of carbonyl (C=O) groups is 3. The number of ether oxygens (including phenoxy) is 1. The fourth-order valence-corrected chi connectivity index (χ4v) is 4.18. The summed E-state index contributed by atoms with van der Waals surface area (Å²) in [6.07, 6.45) is 1.67. The van der Waals surface area contributed by atoms with Gasteiger partial charge in [0.2, 0.25) is 5.91 Å². The maximum atomic E-state index is 12.2. The fraction of sp³-hybridized carbons (Fsp3) is 0.320. The molecule has 2 aliphatic rings. The molecule has 0 unspecified atom stereocenters. The van der Waals surface area contributed by atoms with Gasteiger partial charge >= 0.3 is 12.1 Å². The lowest BCUT2D eigenvalue weighted by molar-refractivity contribution is -0.132. The summed E-state index contributed by atoms with van der Waals surface area (Å²) >= 11 is 0. The smallest absolute Gasteiger partial charge is 0.407 e. The van der Waals surface area contributed by atoms with Crippen molar-refractivity contribution < 1.29 is 24.2 Å². The van der Waals surface area contributed by atoms with Gasteiger partial charge in [0.15, 0.2) is 0 Å². The Morgan fingerprint density at radius 3 is 2.28 bits per heavy atom. The van der Waals surface area contributed by atoms with Crippen molar-refractivity contribution in [3.63, 3.8) is 0 Å². The van der Waals surface area contributed by atoms with Crippen molar-refractivity contribution in [1.82, 2.24) is 10.6 Å². The van der Waals surface area contributed by atoms with Gasteiger partial charge in [-0.25, -0.2) is 9.59 Å². The highest BCUT2D eigenvalue weighted by molar-refractivity contribution is 5.86. The van der Waals surface area contributed by atoms with Crippen LogP contribution in [0.25, 0.3) is 11.1 Å². The number of rotatable bonds is 8. The summed E-state index contributed by atoms with van der Waals surface area (Å²) in [5.41, 5.74) is 4.87. The Kier molecular flexibility index (Phi) is 6.25. The van der Waals surface area contributed by atoms with Crippen molar-refractivity contribution in [3.05, 3.63) is 71.3 Å². The van der Waals surface area contributed by atoms with E-state index in [-0.39, 0.29) is 42.4 Å². The van der Waals surface area contributed by atoms with E-state index in [2.05, 4.69) is 34.9 Å². The fourth-order valence-electron chi connectivity index (χ4n) is 4.18. The second kappa shape index (κ2) is 9.26. The summed E-state index contributed by atoms with van der Waals surface area (Å²) in [5.74, 6) is -1.22. The minimum atomic E-state index is -1.00. The second-order valence-electron chi connectivity index (χ2n) is 8.25.